The summed E-state index contributed by atoms with van der Waals surface area (Å²) in [6.07, 6.45) is 5.47. The molecule has 2 fully saturated rings. The Morgan fingerprint density at radius 1 is 1.14 bits per heavy atom. The molecule has 0 radical (unpaired) electrons. The van der Waals surface area contributed by atoms with Crippen molar-refractivity contribution in [1.82, 2.24) is 10.2 Å². The molecule has 0 aromatic heterocycles. The zero-order valence-electron chi connectivity index (χ0n) is 12.6. The van der Waals surface area contributed by atoms with E-state index in [1.807, 2.05) is 6.07 Å². The van der Waals surface area contributed by atoms with Gasteiger partial charge in [-0.2, -0.15) is 0 Å². The molecule has 1 atom stereocenters. The Morgan fingerprint density at radius 3 is 2.41 bits per heavy atom. The number of nitrogens with zero attached hydrogens (tertiary/aromatic N) is 1. The maximum Gasteiger partial charge on any atom is 0.0410 e. The summed E-state index contributed by atoms with van der Waals surface area (Å²) in [7, 11) is 0. The lowest BCUT2D eigenvalue weighted by atomic mass is 9.89. The largest absolute Gasteiger partial charge is 0.314 e. The number of rotatable bonds is 3. The van der Waals surface area contributed by atoms with Crippen LogP contribution in [-0.2, 0) is 0 Å². The molecule has 3 rings (SSSR count). The highest BCUT2D eigenvalue weighted by molar-refractivity contribution is 9.10. The van der Waals surface area contributed by atoms with Gasteiger partial charge < -0.3 is 5.32 Å². The number of halogens is 4. The lowest BCUT2D eigenvalue weighted by Crippen LogP contribution is -2.46. The van der Waals surface area contributed by atoms with Crippen LogP contribution in [0.15, 0.2) is 22.7 Å². The van der Waals surface area contributed by atoms with Crippen molar-refractivity contribution in [2.45, 2.75) is 31.7 Å². The number of nitrogens with one attached hydrogen (secondary N) is 1. The highest BCUT2D eigenvalue weighted by Crippen LogP contribution is 2.42. The molecule has 6 heteroatoms. The second-order valence-corrected chi connectivity index (χ2v) is 7.23. The lowest BCUT2D eigenvalue weighted by Gasteiger charge is -2.39. The standard InChI is InChI=1S/C16H22BrClN2.2ClH/c17-15-6-5-13(18)11-14(15)16(12-3-1-2-4-12)20-9-7-19-8-10-20;;/h5-6,11-12,16,19H,1-4,7-10H2;2*1H/t16-;;/m1../s1. The number of piperazine rings is 1. The van der Waals surface area contributed by atoms with Crippen LogP contribution >= 0.6 is 52.3 Å². The summed E-state index contributed by atoms with van der Waals surface area (Å²) in [4.78, 5) is 2.66. The van der Waals surface area contributed by atoms with E-state index in [9.17, 15) is 0 Å². The Labute approximate surface area is 159 Å². The predicted octanol–water partition coefficient (Wildman–Crippen LogP) is 5.08. The van der Waals surface area contributed by atoms with Crippen molar-refractivity contribution >= 4 is 52.3 Å². The zero-order chi connectivity index (χ0) is 13.9. The maximum atomic E-state index is 6.25. The van der Waals surface area contributed by atoms with Crippen LogP contribution in [0.3, 0.4) is 0 Å². The molecule has 0 unspecified atom stereocenters. The zero-order valence-corrected chi connectivity index (χ0v) is 16.5. The third-order valence-corrected chi connectivity index (χ3v) is 5.63. The molecule has 1 aromatic carbocycles. The summed E-state index contributed by atoms with van der Waals surface area (Å²) in [5, 5.41) is 4.31. The average molecular weight is 431 g/mol. The highest BCUT2D eigenvalue weighted by Gasteiger charge is 2.32. The van der Waals surface area contributed by atoms with Crippen molar-refractivity contribution in [2.75, 3.05) is 26.2 Å². The second-order valence-electron chi connectivity index (χ2n) is 5.94. The van der Waals surface area contributed by atoms with E-state index in [0.717, 1.165) is 37.1 Å². The van der Waals surface area contributed by atoms with Gasteiger partial charge >= 0.3 is 0 Å². The Balaban J connectivity index is 0.00000121. The fraction of sp³-hybridized carbons (Fsp3) is 0.625. The Morgan fingerprint density at radius 2 is 1.77 bits per heavy atom. The quantitative estimate of drug-likeness (QED) is 0.719. The van der Waals surface area contributed by atoms with Crippen molar-refractivity contribution in [3.8, 4) is 0 Å². The Kier molecular flexibility index (Phi) is 9.06. The molecule has 1 aliphatic heterocycles. The summed E-state index contributed by atoms with van der Waals surface area (Å²) < 4.78 is 1.21. The Hall–Kier alpha value is 0.490. The fourth-order valence-corrected chi connectivity index (χ4v) is 4.39. The number of hydrogen-bond acceptors (Lipinski definition) is 2. The van der Waals surface area contributed by atoms with Crippen molar-refractivity contribution in [2.24, 2.45) is 5.92 Å². The summed E-state index contributed by atoms with van der Waals surface area (Å²) >= 11 is 10.00. The van der Waals surface area contributed by atoms with Gasteiger partial charge in [-0.05, 0) is 42.5 Å². The lowest BCUT2D eigenvalue weighted by molar-refractivity contribution is 0.125. The minimum absolute atomic E-state index is 0. The van der Waals surface area contributed by atoms with Gasteiger partial charge in [0.2, 0.25) is 0 Å². The van der Waals surface area contributed by atoms with Crippen LogP contribution in [-0.4, -0.2) is 31.1 Å². The second kappa shape index (κ2) is 9.71. The van der Waals surface area contributed by atoms with Crippen LogP contribution in [0.1, 0.15) is 37.3 Å². The average Bonchev–Trinajstić information content (AvgIpc) is 2.98. The molecule has 1 saturated heterocycles. The van der Waals surface area contributed by atoms with Crippen molar-refractivity contribution in [3.05, 3.63) is 33.3 Å². The minimum atomic E-state index is 0. The molecule has 1 N–H and O–H groups in total. The van der Waals surface area contributed by atoms with Gasteiger partial charge in [-0.15, -0.1) is 24.8 Å². The third kappa shape index (κ3) is 4.75. The monoisotopic (exact) mass is 428 g/mol. The van der Waals surface area contributed by atoms with Gasteiger partial charge in [0, 0.05) is 41.7 Å². The Bertz CT molecular complexity index is 461. The summed E-state index contributed by atoms with van der Waals surface area (Å²) in [5.41, 5.74) is 1.38. The van der Waals surface area contributed by atoms with E-state index in [-0.39, 0.29) is 24.8 Å². The molecule has 1 aliphatic carbocycles. The molecule has 1 heterocycles. The molecule has 2 aliphatic rings. The first kappa shape index (κ1) is 20.5. The minimum Gasteiger partial charge on any atom is -0.314 e. The molecule has 1 saturated carbocycles. The van der Waals surface area contributed by atoms with Gasteiger partial charge in [0.05, 0.1) is 0 Å². The van der Waals surface area contributed by atoms with Gasteiger partial charge in [0.25, 0.3) is 0 Å². The summed E-state index contributed by atoms with van der Waals surface area (Å²) in [6, 6.07) is 6.75. The summed E-state index contributed by atoms with van der Waals surface area (Å²) in [5.74, 6) is 0.780. The van der Waals surface area contributed by atoms with E-state index in [0.29, 0.717) is 6.04 Å². The van der Waals surface area contributed by atoms with E-state index < -0.39 is 0 Å². The number of hydrogen-bond donors (Lipinski definition) is 1. The smallest absolute Gasteiger partial charge is 0.0410 e. The van der Waals surface area contributed by atoms with Gasteiger partial charge in [-0.25, -0.2) is 0 Å². The third-order valence-electron chi connectivity index (χ3n) is 4.67. The van der Waals surface area contributed by atoms with E-state index in [1.54, 1.807) is 0 Å². The first-order chi connectivity index (χ1) is 9.75. The van der Waals surface area contributed by atoms with Crippen LogP contribution in [0.2, 0.25) is 5.02 Å². The highest BCUT2D eigenvalue weighted by atomic mass is 79.9. The fourth-order valence-electron chi connectivity index (χ4n) is 3.72. The molecular formula is C16H24BrCl3N2. The van der Waals surface area contributed by atoms with Crippen molar-refractivity contribution in [3.63, 3.8) is 0 Å². The van der Waals surface area contributed by atoms with E-state index in [4.69, 9.17) is 11.6 Å². The van der Waals surface area contributed by atoms with Crippen LogP contribution in [0, 0.1) is 5.92 Å². The van der Waals surface area contributed by atoms with Crippen LogP contribution in [0.5, 0.6) is 0 Å². The van der Waals surface area contributed by atoms with Crippen LogP contribution in [0.4, 0.5) is 0 Å². The number of benzene rings is 1. The SMILES string of the molecule is Cl.Cl.Clc1ccc(Br)c([C@@H](C2CCCC2)N2CCNCC2)c1. The van der Waals surface area contributed by atoms with E-state index >= 15 is 0 Å². The molecule has 0 spiro atoms. The molecule has 22 heavy (non-hydrogen) atoms. The first-order valence-electron chi connectivity index (χ1n) is 7.65. The molecule has 1 aromatic rings. The van der Waals surface area contributed by atoms with Crippen LogP contribution in [0.25, 0.3) is 0 Å². The van der Waals surface area contributed by atoms with Crippen molar-refractivity contribution < 1.29 is 0 Å². The normalized spacial score (nSPS) is 21.0. The van der Waals surface area contributed by atoms with Gasteiger partial charge in [-0.1, -0.05) is 40.4 Å². The topological polar surface area (TPSA) is 15.3 Å². The van der Waals surface area contributed by atoms with E-state index in [1.165, 1.54) is 35.7 Å². The van der Waals surface area contributed by atoms with Gasteiger partial charge in [0.15, 0.2) is 0 Å². The summed E-state index contributed by atoms with van der Waals surface area (Å²) in [6.45, 7) is 4.48. The van der Waals surface area contributed by atoms with Crippen LogP contribution < -0.4 is 5.32 Å². The van der Waals surface area contributed by atoms with E-state index in [2.05, 4.69) is 38.3 Å². The van der Waals surface area contributed by atoms with Crippen molar-refractivity contribution in [1.29, 1.82) is 0 Å². The molecule has 126 valence electrons. The van der Waals surface area contributed by atoms with Gasteiger partial charge in [0.1, 0.15) is 0 Å². The first-order valence-corrected chi connectivity index (χ1v) is 8.82. The maximum absolute atomic E-state index is 6.25. The molecule has 2 nitrogen and oxygen atoms in total. The van der Waals surface area contributed by atoms with Gasteiger partial charge in [-0.3, -0.25) is 4.90 Å². The molecule has 0 bridgehead atoms. The molecular weight excluding hydrogens is 406 g/mol. The predicted molar refractivity (Wildman–Crippen MR) is 103 cm³/mol. The molecule has 0 amide bonds.